The van der Waals surface area contributed by atoms with E-state index in [-0.39, 0.29) is 11.5 Å². The van der Waals surface area contributed by atoms with Gasteiger partial charge in [0.2, 0.25) is 5.78 Å². The second-order valence-corrected chi connectivity index (χ2v) is 3.92. The summed E-state index contributed by atoms with van der Waals surface area (Å²) in [5.41, 5.74) is 0.557. The summed E-state index contributed by atoms with van der Waals surface area (Å²) in [6.45, 7) is 1.61. The first-order valence-electron chi connectivity index (χ1n) is 5.69. The molecule has 0 bridgehead atoms. The van der Waals surface area contributed by atoms with Gasteiger partial charge in [-0.2, -0.15) is 0 Å². The highest BCUT2D eigenvalue weighted by molar-refractivity contribution is 5.99. The van der Waals surface area contributed by atoms with Gasteiger partial charge in [0.1, 0.15) is 0 Å². The average Bonchev–Trinajstić information content (AvgIpc) is 2.41. The summed E-state index contributed by atoms with van der Waals surface area (Å²) in [7, 11) is 0. The molecule has 0 spiro atoms. The summed E-state index contributed by atoms with van der Waals surface area (Å²) in [4.78, 5) is 12.0. The Morgan fingerprint density at radius 3 is 2.33 bits per heavy atom. The number of carbonyl (C=O) groups is 1. The van der Waals surface area contributed by atoms with Crippen molar-refractivity contribution < 1.29 is 13.9 Å². The predicted octanol–water partition coefficient (Wildman–Crippen LogP) is 3.48. The maximum atomic E-state index is 13.4. The van der Waals surface area contributed by atoms with Gasteiger partial charge in [-0.1, -0.05) is 42.5 Å². The number of halogens is 1. The Morgan fingerprint density at radius 2 is 1.67 bits per heavy atom. The number of hydrogen-bond acceptors (Lipinski definition) is 2. The van der Waals surface area contributed by atoms with Gasteiger partial charge < -0.3 is 4.74 Å². The maximum absolute atomic E-state index is 13.4. The van der Waals surface area contributed by atoms with Crippen molar-refractivity contribution in [3.05, 3.63) is 66.0 Å². The predicted molar refractivity (Wildman–Crippen MR) is 67.3 cm³/mol. The molecule has 1 atom stereocenters. The highest BCUT2D eigenvalue weighted by atomic mass is 19.1. The minimum absolute atomic E-state index is 0.0919. The summed E-state index contributed by atoms with van der Waals surface area (Å²) in [6.07, 6.45) is -0.718. The molecule has 0 aliphatic rings. The van der Waals surface area contributed by atoms with Crippen LogP contribution in [0.5, 0.6) is 5.75 Å². The minimum Gasteiger partial charge on any atom is -0.479 e. The van der Waals surface area contributed by atoms with E-state index in [1.807, 2.05) is 6.07 Å². The Kier molecular flexibility index (Phi) is 3.72. The molecule has 0 aliphatic heterocycles. The highest BCUT2D eigenvalue weighted by Crippen LogP contribution is 2.18. The van der Waals surface area contributed by atoms with Crippen molar-refractivity contribution in [3.8, 4) is 5.75 Å². The Bertz CT molecular complexity index is 537. The number of ketones is 1. The number of hydrogen-bond donors (Lipinski definition) is 0. The van der Waals surface area contributed by atoms with Crippen LogP contribution < -0.4 is 4.74 Å². The lowest BCUT2D eigenvalue weighted by Crippen LogP contribution is -2.24. The van der Waals surface area contributed by atoms with E-state index >= 15 is 0 Å². The SMILES string of the molecule is CC(Oc1ccccc1F)C(=O)c1ccccc1. The lowest BCUT2D eigenvalue weighted by atomic mass is 10.1. The fourth-order valence-electron chi connectivity index (χ4n) is 1.62. The lowest BCUT2D eigenvalue weighted by Gasteiger charge is -2.14. The van der Waals surface area contributed by atoms with E-state index in [1.54, 1.807) is 43.3 Å². The zero-order valence-electron chi connectivity index (χ0n) is 9.97. The molecule has 92 valence electrons. The van der Waals surface area contributed by atoms with Crippen LogP contribution in [-0.4, -0.2) is 11.9 Å². The third kappa shape index (κ3) is 2.74. The van der Waals surface area contributed by atoms with Gasteiger partial charge in [-0.15, -0.1) is 0 Å². The molecule has 2 aromatic carbocycles. The van der Waals surface area contributed by atoms with Crippen LogP contribution >= 0.6 is 0 Å². The van der Waals surface area contributed by atoms with Crippen molar-refractivity contribution >= 4 is 5.78 Å². The van der Waals surface area contributed by atoms with Gasteiger partial charge in [-0.05, 0) is 19.1 Å². The monoisotopic (exact) mass is 244 g/mol. The van der Waals surface area contributed by atoms with Gasteiger partial charge in [0.05, 0.1) is 0 Å². The van der Waals surface area contributed by atoms with Gasteiger partial charge in [0, 0.05) is 5.56 Å². The number of carbonyl (C=O) groups excluding carboxylic acids is 1. The van der Waals surface area contributed by atoms with E-state index in [1.165, 1.54) is 12.1 Å². The van der Waals surface area contributed by atoms with E-state index in [2.05, 4.69) is 0 Å². The summed E-state index contributed by atoms with van der Waals surface area (Å²) in [5.74, 6) is -0.543. The molecule has 0 aliphatic carbocycles. The van der Waals surface area contributed by atoms with Crippen LogP contribution in [0.25, 0.3) is 0 Å². The van der Waals surface area contributed by atoms with Crippen molar-refractivity contribution in [2.45, 2.75) is 13.0 Å². The summed E-state index contributed by atoms with van der Waals surface area (Å²) in [6, 6.07) is 14.9. The molecule has 0 N–H and O–H groups in total. The first-order chi connectivity index (χ1) is 8.68. The number of ether oxygens (including phenoxy) is 1. The molecule has 0 heterocycles. The van der Waals surface area contributed by atoms with Gasteiger partial charge in [0.15, 0.2) is 17.7 Å². The van der Waals surface area contributed by atoms with Crippen molar-refractivity contribution in [2.24, 2.45) is 0 Å². The Balaban J connectivity index is 2.11. The molecule has 3 heteroatoms. The van der Waals surface area contributed by atoms with Crippen LogP contribution in [0.15, 0.2) is 54.6 Å². The molecular formula is C15H13FO2. The second kappa shape index (κ2) is 5.45. The standard InChI is InChI=1S/C15H13FO2/c1-11(15(17)12-7-3-2-4-8-12)18-14-10-6-5-9-13(14)16/h2-11H,1H3. The van der Waals surface area contributed by atoms with E-state index in [4.69, 9.17) is 4.74 Å². The van der Waals surface area contributed by atoms with Crippen LogP contribution in [0, 0.1) is 5.82 Å². The molecule has 0 fully saturated rings. The quantitative estimate of drug-likeness (QED) is 0.770. The first kappa shape index (κ1) is 12.3. The van der Waals surface area contributed by atoms with Crippen molar-refractivity contribution in [2.75, 3.05) is 0 Å². The van der Waals surface area contributed by atoms with Crippen molar-refractivity contribution in [1.82, 2.24) is 0 Å². The highest BCUT2D eigenvalue weighted by Gasteiger charge is 2.17. The molecule has 0 saturated carbocycles. The minimum atomic E-state index is -0.718. The fourth-order valence-corrected chi connectivity index (χ4v) is 1.62. The van der Waals surface area contributed by atoms with Crippen LogP contribution in [0.4, 0.5) is 4.39 Å². The fraction of sp³-hybridized carbons (Fsp3) is 0.133. The van der Waals surface area contributed by atoms with Crippen LogP contribution in [0.3, 0.4) is 0 Å². The van der Waals surface area contributed by atoms with E-state index in [0.29, 0.717) is 5.56 Å². The first-order valence-corrected chi connectivity index (χ1v) is 5.69. The van der Waals surface area contributed by atoms with Gasteiger partial charge in [-0.3, -0.25) is 4.79 Å². The van der Waals surface area contributed by atoms with Crippen LogP contribution in [0.2, 0.25) is 0 Å². The zero-order valence-corrected chi connectivity index (χ0v) is 9.97. The van der Waals surface area contributed by atoms with E-state index in [0.717, 1.165) is 0 Å². The number of rotatable bonds is 4. The molecule has 2 nitrogen and oxygen atoms in total. The van der Waals surface area contributed by atoms with E-state index in [9.17, 15) is 9.18 Å². The number of para-hydroxylation sites is 1. The molecule has 0 saturated heterocycles. The lowest BCUT2D eigenvalue weighted by molar-refractivity contribution is 0.0812. The Morgan fingerprint density at radius 1 is 1.06 bits per heavy atom. The van der Waals surface area contributed by atoms with Crippen molar-refractivity contribution in [1.29, 1.82) is 0 Å². The largest absolute Gasteiger partial charge is 0.479 e. The average molecular weight is 244 g/mol. The van der Waals surface area contributed by atoms with Gasteiger partial charge in [-0.25, -0.2) is 4.39 Å². The third-order valence-electron chi connectivity index (χ3n) is 2.57. The second-order valence-electron chi connectivity index (χ2n) is 3.92. The van der Waals surface area contributed by atoms with Gasteiger partial charge in [0.25, 0.3) is 0 Å². The molecule has 1 unspecified atom stereocenters. The van der Waals surface area contributed by atoms with Crippen LogP contribution in [-0.2, 0) is 0 Å². The molecule has 18 heavy (non-hydrogen) atoms. The summed E-state index contributed by atoms with van der Waals surface area (Å²) in [5, 5.41) is 0. The molecule has 0 radical (unpaired) electrons. The Hall–Kier alpha value is -2.16. The van der Waals surface area contributed by atoms with E-state index < -0.39 is 11.9 Å². The zero-order chi connectivity index (χ0) is 13.0. The topological polar surface area (TPSA) is 26.3 Å². The molecule has 2 rings (SSSR count). The molecule has 2 aromatic rings. The third-order valence-corrected chi connectivity index (χ3v) is 2.57. The molecular weight excluding hydrogens is 231 g/mol. The molecule has 0 aromatic heterocycles. The van der Waals surface area contributed by atoms with Gasteiger partial charge >= 0.3 is 0 Å². The normalized spacial score (nSPS) is 11.9. The smallest absolute Gasteiger partial charge is 0.202 e. The summed E-state index contributed by atoms with van der Waals surface area (Å²) >= 11 is 0. The maximum Gasteiger partial charge on any atom is 0.202 e. The summed E-state index contributed by atoms with van der Waals surface area (Å²) < 4.78 is 18.7. The van der Waals surface area contributed by atoms with Crippen LogP contribution in [0.1, 0.15) is 17.3 Å². The number of benzene rings is 2. The Labute approximate surface area is 105 Å². The number of Topliss-reactive ketones (excluding diaryl/α,β-unsaturated/α-hetero) is 1. The van der Waals surface area contributed by atoms with Crippen molar-refractivity contribution in [3.63, 3.8) is 0 Å². The molecule has 0 amide bonds.